The molecule has 0 N–H and O–H groups in total. The largest absolute Gasteiger partial charge is 2.00 e. The number of nitrogens with zero attached hydrogens (tertiary/aromatic N) is 6. The van der Waals surface area contributed by atoms with Gasteiger partial charge in [-0.25, -0.2) is 0 Å². The van der Waals surface area contributed by atoms with Crippen LogP contribution in [-0.2, 0) is 45.6 Å². The van der Waals surface area contributed by atoms with Crippen molar-refractivity contribution in [2.24, 2.45) is 30.9 Å². The van der Waals surface area contributed by atoms with Gasteiger partial charge in [0.15, 0.2) is 10.1 Å². The minimum absolute atomic E-state index is 0. The molecule has 51 heavy (non-hydrogen) atoms. The summed E-state index contributed by atoms with van der Waals surface area (Å²) < 4.78 is 66.4. The Morgan fingerprint density at radius 2 is 0.608 bits per heavy atom. The van der Waals surface area contributed by atoms with Crippen molar-refractivity contribution in [1.29, 1.82) is 0 Å². The summed E-state index contributed by atoms with van der Waals surface area (Å²) in [4.78, 5) is 0. The first kappa shape index (κ1) is 37.2. The Labute approximate surface area is 310 Å². The van der Waals surface area contributed by atoms with E-state index in [0.717, 1.165) is 23.5 Å². The summed E-state index contributed by atoms with van der Waals surface area (Å²) in [6.45, 7) is 0. The maximum atomic E-state index is 17.0. The number of halogens is 2. The van der Waals surface area contributed by atoms with Gasteiger partial charge in [-0.15, -0.1) is 54.5 Å². The number of oxime groups is 6. The average Bonchev–Trinajstić information content (AvgIpc) is 3.16. The minimum Gasteiger partial charge on any atom is -0.509 e. The molecule has 0 radical (unpaired) electrons. The van der Waals surface area contributed by atoms with Crippen LogP contribution in [0.15, 0.2) is 152 Å². The number of rotatable bonds is 4. The molecule has 0 fully saturated rings. The van der Waals surface area contributed by atoms with Gasteiger partial charge in [0.25, 0.3) is 0 Å². The molecular weight excluding hydrogens is 744 g/mol. The summed E-state index contributed by atoms with van der Waals surface area (Å²) in [5.74, 6) is 0. The van der Waals surface area contributed by atoms with Gasteiger partial charge in [-0.3, -0.25) is 0 Å². The van der Waals surface area contributed by atoms with Crippen molar-refractivity contribution in [2.45, 2.75) is 0 Å². The first-order valence-electron chi connectivity index (χ1n) is 14.9. The molecule has 3 heterocycles. The topological polar surface area (TPSA) is 130 Å². The summed E-state index contributed by atoms with van der Waals surface area (Å²) in [5, 5.41) is 24.1. The van der Waals surface area contributed by atoms with Crippen molar-refractivity contribution in [3.63, 3.8) is 0 Å². The monoisotopic (exact) mass is 770 g/mol. The third-order valence-electron chi connectivity index (χ3n) is 6.81. The zero-order chi connectivity index (χ0) is 34.8. The number of hydrogen-bond acceptors (Lipinski definition) is 14. The van der Waals surface area contributed by atoms with Gasteiger partial charge in [-0.2, -0.15) is 0 Å². The first-order valence-corrected chi connectivity index (χ1v) is 17.4. The SMILES string of the molecule is CSC1=N\O[B-]2(F)O/N=C(c3ccccc3)/C(c3ccccc3)=N/O[B-](F)(O\N=C\1SC)O/N=C(c1ccccc1)/C(c1ccccc1)=N/O2.[Fe+2]. The second-order valence-corrected chi connectivity index (χ2v) is 11.8. The zero-order valence-electron chi connectivity index (χ0n) is 26.8. The Kier molecular flexibility index (Phi) is 12.6. The molecule has 0 unspecified atom stereocenters. The third-order valence-corrected chi connectivity index (χ3v) is 8.25. The van der Waals surface area contributed by atoms with E-state index in [1.165, 1.54) is 0 Å². The van der Waals surface area contributed by atoms with Gasteiger partial charge in [0.1, 0.15) is 22.8 Å². The molecule has 12 nitrogen and oxygen atoms in total. The number of fused-ring (bicyclic) bond motifs is 9. The van der Waals surface area contributed by atoms with E-state index in [9.17, 15) is 0 Å². The van der Waals surface area contributed by atoms with Gasteiger partial charge in [0.05, 0.1) is 0 Å². The molecule has 0 amide bonds. The molecule has 4 aromatic carbocycles. The summed E-state index contributed by atoms with van der Waals surface area (Å²) in [6, 6.07) is 33.8. The molecule has 0 aliphatic carbocycles. The normalized spacial score (nSPS) is 26.9. The molecule has 260 valence electrons. The Morgan fingerprint density at radius 1 is 0.392 bits per heavy atom. The van der Waals surface area contributed by atoms with Crippen molar-refractivity contribution >= 4 is 70.5 Å². The van der Waals surface area contributed by atoms with Crippen LogP contribution in [0.5, 0.6) is 0 Å². The van der Waals surface area contributed by atoms with E-state index < -0.39 is 14.1 Å². The van der Waals surface area contributed by atoms with Crippen LogP contribution in [0.1, 0.15) is 22.3 Å². The van der Waals surface area contributed by atoms with Gasteiger partial charge < -0.3 is 37.2 Å². The molecule has 0 atom stereocenters. The zero-order valence-corrected chi connectivity index (χ0v) is 29.5. The van der Waals surface area contributed by atoms with E-state index in [4.69, 9.17) is 28.5 Å². The van der Waals surface area contributed by atoms with E-state index in [1.807, 2.05) is 0 Å². The fraction of sp³-hybridized carbons (Fsp3) is 0.0625. The van der Waals surface area contributed by atoms with Crippen LogP contribution in [0, 0.1) is 0 Å². The molecular formula is C32H26B2F2FeN6O6S2. The Balaban J connectivity index is 0.00000504. The van der Waals surface area contributed by atoms with Crippen LogP contribution in [0.3, 0.4) is 0 Å². The van der Waals surface area contributed by atoms with Crippen molar-refractivity contribution in [1.82, 2.24) is 0 Å². The maximum Gasteiger partial charge on any atom is 2.00 e. The van der Waals surface area contributed by atoms with Crippen LogP contribution in [-0.4, -0.2) is 59.5 Å². The molecule has 3 aliphatic rings. The van der Waals surface area contributed by atoms with Crippen LogP contribution in [0.2, 0.25) is 0 Å². The van der Waals surface area contributed by atoms with Crippen molar-refractivity contribution < 1.29 is 54.2 Å². The van der Waals surface area contributed by atoms with Crippen molar-refractivity contribution in [3.05, 3.63) is 144 Å². The van der Waals surface area contributed by atoms with Crippen LogP contribution >= 0.6 is 23.5 Å². The Morgan fingerprint density at radius 3 is 0.824 bits per heavy atom. The fourth-order valence-corrected chi connectivity index (χ4v) is 5.60. The Bertz CT molecular complexity index is 1730. The standard InChI is InChI=1S/C32H26B2F2N6O6S2.Fe/c1-49-31-32(50-2)42-48-34(36)45-39-29(25-19-11-5-12-20-25)27(23-15-7-3-8-16-23)37-43-33(35,47-41-31)44-38-28(24-17-9-4-10-18-24)30(40-46-34)26-21-13-6-14-22-26;/h3-22H,1-2H3;/q-2;+2/b37-27+,38-28+,39-29+,40-30+,41-31-,42-32-;. The molecule has 3 aliphatic heterocycles. The Hall–Kier alpha value is -5.09. The molecule has 0 saturated heterocycles. The molecule has 2 bridgehead atoms. The van der Waals surface area contributed by atoms with Crippen LogP contribution < -0.4 is 0 Å². The average molecular weight is 770 g/mol. The van der Waals surface area contributed by atoms with Crippen LogP contribution in [0.25, 0.3) is 0 Å². The smallest absolute Gasteiger partial charge is 0.509 e. The minimum atomic E-state index is -4.49. The number of thioether (sulfide) groups is 2. The fourth-order valence-electron chi connectivity index (χ4n) is 4.44. The third kappa shape index (κ3) is 9.18. The summed E-state index contributed by atoms with van der Waals surface area (Å²) in [7, 11) is -8.98. The molecule has 7 rings (SSSR count). The van der Waals surface area contributed by atoms with Gasteiger partial charge in [0.2, 0.25) is 0 Å². The molecule has 0 saturated carbocycles. The summed E-state index contributed by atoms with van der Waals surface area (Å²) >= 11 is 1.95. The quantitative estimate of drug-likeness (QED) is 0.205. The predicted molar refractivity (Wildman–Crippen MR) is 194 cm³/mol. The van der Waals surface area contributed by atoms with E-state index in [-0.39, 0.29) is 50.0 Å². The second kappa shape index (κ2) is 17.2. The molecule has 0 spiro atoms. The second-order valence-electron chi connectivity index (χ2n) is 10.2. The van der Waals surface area contributed by atoms with Gasteiger partial charge in [-0.05, 0) is 12.5 Å². The predicted octanol–water partition coefficient (Wildman–Crippen LogP) is 6.89. The van der Waals surface area contributed by atoms with E-state index >= 15 is 8.63 Å². The summed E-state index contributed by atoms with van der Waals surface area (Å²) in [6.07, 6.45) is 3.19. The first-order chi connectivity index (χ1) is 24.4. The molecule has 19 heteroatoms. The number of benzene rings is 4. The van der Waals surface area contributed by atoms with E-state index in [1.54, 1.807) is 134 Å². The van der Waals surface area contributed by atoms with E-state index in [2.05, 4.69) is 30.9 Å². The number of hydrogen-bond donors (Lipinski definition) is 0. The van der Waals surface area contributed by atoms with Gasteiger partial charge in [0, 0.05) is 22.3 Å². The van der Waals surface area contributed by atoms with Crippen molar-refractivity contribution in [2.75, 3.05) is 12.5 Å². The molecule has 4 aromatic rings. The maximum absolute atomic E-state index is 17.0. The van der Waals surface area contributed by atoms with Gasteiger partial charge >= 0.3 is 31.1 Å². The van der Waals surface area contributed by atoms with Gasteiger partial charge in [-0.1, -0.05) is 121 Å². The summed E-state index contributed by atoms with van der Waals surface area (Å²) in [5.41, 5.74) is 0.970. The molecule has 0 aromatic heterocycles. The van der Waals surface area contributed by atoms with E-state index in [0.29, 0.717) is 22.3 Å². The van der Waals surface area contributed by atoms with Crippen LogP contribution in [0.4, 0.5) is 8.63 Å². The van der Waals surface area contributed by atoms with Crippen molar-refractivity contribution in [3.8, 4) is 0 Å².